The Morgan fingerprint density at radius 2 is 1.82 bits per heavy atom. The van der Waals surface area contributed by atoms with Crippen LogP contribution in [0.2, 0.25) is 0 Å². The van der Waals surface area contributed by atoms with Crippen LogP contribution in [0.4, 0.5) is 9.18 Å². The molecule has 3 amide bonds. The smallest absolute Gasteiger partial charge is 0.408 e. The van der Waals surface area contributed by atoms with Gasteiger partial charge in [-0.15, -0.1) is 0 Å². The van der Waals surface area contributed by atoms with Crippen molar-refractivity contribution in [1.29, 1.82) is 0 Å². The Bertz CT molecular complexity index is 750. The van der Waals surface area contributed by atoms with E-state index in [1.54, 1.807) is 45.0 Å². The highest BCUT2D eigenvalue weighted by Gasteiger charge is 2.34. The molecule has 0 fully saturated rings. The fraction of sp³-hybridized carbons (Fsp3) is 0.450. The maximum absolute atomic E-state index is 14.1. The van der Waals surface area contributed by atoms with Crippen molar-refractivity contribution < 1.29 is 28.6 Å². The second-order valence-corrected chi connectivity index (χ2v) is 7.46. The highest BCUT2D eigenvalue weighted by atomic mass is 19.1. The molecule has 1 aliphatic heterocycles. The molecule has 152 valence electrons. The number of halogens is 1. The van der Waals surface area contributed by atoms with Gasteiger partial charge in [-0.05, 0) is 45.4 Å². The molecule has 0 saturated heterocycles. The first-order valence-electron chi connectivity index (χ1n) is 9.04. The maximum atomic E-state index is 14.1. The minimum Gasteiger partial charge on any atom is -0.444 e. The van der Waals surface area contributed by atoms with Crippen LogP contribution >= 0.6 is 0 Å². The van der Waals surface area contributed by atoms with E-state index in [1.165, 1.54) is 0 Å². The lowest BCUT2D eigenvalue weighted by molar-refractivity contribution is 0.0496. The molecular weight excluding hydrogens is 367 g/mol. The largest absolute Gasteiger partial charge is 0.444 e. The zero-order valence-corrected chi connectivity index (χ0v) is 16.2. The quantitative estimate of drug-likeness (QED) is 0.696. The van der Waals surface area contributed by atoms with Crippen LogP contribution < -0.4 is 5.32 Å². The van der Waals surface area contributed by atoms with E-state index >= 15 is 0 Å². The van der Waals surface area contributed by atoms with Crippen molar-refractivity contribution in [3.8, 4) is 0 Å². The fourth-order valence-electron chi connectivity index (χ4n) is 2.75. The minimum absolute atomic E-state index is 0.0418. The number of hydrogen-bond acceptors (Lipinski definition) is 5. The van der Waals surface area contributed by atoms with Gasteiger partial charge in [0.25, 0.3) is 11.8 Å². The molecule has 2 N–H and O–H groups in total. The molecule has 0 radical (unpaired) electrons. The van der Waals surface area contributed by atoms with Gasteiger partial charge >= 0.3 is 6.09 Å². The average molecular weight is 392 g/mol. The van der Waals surface area contributed by atoms with Gasteiger partial charge in [-0.3, -0.25) is 14.5 Å². The molecule has 0 unspecified atom stereocenters. The van der Waals surface area contributed by atoms with Gasteiger partial charge in [-0.25, -0.2) is 9.18 Å². The van der Waals surface area contributed by atoms with E-state index in [0.29, 0.717) is 11.1 Å². The third-order valence-electron chi connectivity index (χ3n) is 3.96. The normalized spacial score (nSPS) is 15.5. The lowest BCUT2D eigenvalue weighted by atomic mass is 10.1. The topological polar surface area (TPSA) is 95.9 Å². The number of hydrogen-bond donors (Lipinski definition) is 2. The molecular formula is C20H25FN2O5. The molecule has 8 heteroatoms. The van der Waals surface area contributed by atoms with Gasteiger partial charge in [0.2, 0.25) is 0 Å². The molecule has 1 aromatic rings. The summed E-state index contributed by atoms with van der Waals surface area (Å²) in [6, 6.07) is 5.61. The first-order chi connectivity index (χ1) is 13.1. The summed E-state index contributed by atoms with van der Waals surface area (Å²) in [7, 11) is 0. The maximum Gasteiger partial charge on any atom is 0.408 e. The minimum atomic E-state index is -0.936. The van der Waals surface area contributed by atoms with Gasteiger partial charge in [-0.1, -0.05) is 12.1 Å². The van der Waals surface area contributed by atoms with Crippen LogP contribution in [-0.2, 0) is 4.74 Å². The summed E-state index contributed by atoms with van der Waals surface area (Å²) < 4.78 is 19.2. The van der Waals surface area contributed by atoms with Crippen LogP contribution in [0.5, 0.6) is 0 Å². The summed E-state index contributed by atoms with van der Waals surface area (Å²) in [5.74, 6) is -1.33. The summed E-state index contributed by atoms with van der Waals surface area (Å²) in [5.41, 5.74) is -0.00511. The van der Waals surface area contributed by atoms with E-state index in [1.807, 2.05) is 0 Å². The summed E-state index contributed by atoms with van der Waals surface area (Å²) >= 11 is 0. The third kappa shape index (κ3) is 5.63. The number of carbonyl (C=O) groups excluding carboxylic acids is 3. The summed E-state index contributed by atoms with van der Waals surface area (Å²) in [6.45, 7) is 4.66. The Morgan fingerprint density at radius 1 is 1.25 bits per heavy atom. The standard InChI is InChI=1S/C20H25FN2O5/c1-20(2,3)28-19(27)22-14(12-24)11-13(21)7-6-10-23-17(25)15-8-4-5-9-16(15)18(23)26/h4-5,8-9,11,14,24H,6-7,10,12H2,1-3H3,(H,22,27)/b13-11-/t14-/m0/s1. The number of carbonyl (C=O) groups is 3. The Hall–Kier alpha value is -2.74. The Morgan fingerprint density at radius 3 is 2.32 bits per heavy atom. The Labute approximate surface area is 163 Å². The van der Waals surface area contributed by atoms with E-state index < -0.39 is 30.2 Å². The van der Waals surface area contributed by atoms with Crippen LogP contribution in [-0.4, -0.2) is 52.7 Å². The molecule has 0 saturated carbocycles. The number of fused-ring (bicyclic) bond motifs is 1. The van der Waals surface area contributed by atoms with Gasteiger partial charge in [0.15, 0.2) is 0 Å². The molecule has 7 nitrogen and oxygen atoms in total. The van der Waals surface area contributed by atoms with Crippen LogP contribution in [0.3, 0.4) is 0 Å². The van der Waals surface area contributed by atoms with E-state index in [9.17, 15) is 23.9 Å². The first-order valence-corrected chi connectivity index (χ1v) is 9.04. The number of nitrogens with zero attached hydrogens (tertiary/aromatic N) is 1. The number of ether oxygens (including phenoxy) is 1. The van der Waals surface area contributed by atoms with Crippen molar-refractivity contribution in [2.75, 3.05) is 13.2 Å². The van der Waals surface area contributed by atoms with Gasteiger partial charge in [0, 0.05) is 13.0 Å². The van der Waals surface area contributed by atoms with Crippen LogP contribution in [0.1, 0.15) is 54.3 Å². The van der Waals surface area contributed by atoms with Crippen LogP contribution in [0.25, 0.3) is 0 Å². The summed E-state index contributed by atoms with van der Waals surface area (Å²) in [5, 5.41) is 11.7. The Balaban J connectivity index is 1.86. The number of benzene rings is 1. The number of imide groups is 1. The monoisotopic (exact) mass is 392 g/mol. The number of nitrogens with one attached hydrogen (secondary N) is 1. The molecule has 2 rings (SSSR count). The van der Waals surface area contributed by atoms with Crippen molar-refractivity contribution in [3.63, 3.8) is 0 Å². The summed E-state index contributed by atoms with van der Waals surface area (Å²) in [4.78, 5) is 37.3. The van der Waals surface area contributed by atoms with Crippen LogP contribution in [0.15, 0.2) is 36.2 Å². The lowest BCUT2D eigenvalue weighted by Crippen LogP contribution is -2.40. The number of aliphatic hydroxyl groups excluding tert-OH is 1. The van der Waals surface area contributed by atoms with Crippen molar-refractivity contribution in [2.45, 2.75) is 45.3 Å². The zero-order valence-electron chi connectivity index (χ0n) is 16.2. The van der Waals surface area contributed by atoms with Crippen molar-refractivity contribution in [3.05, 3.63) is 47.3 Å². The number of allylic oxidation sites excluding steroid dienone is 1. The van der Waals surface area contributed by atoms with Crippen molar-refractivity contribution in [2.24, 2.45) is 0 Å². The van der Waals surface area contributed by atoms with E-state index in [4.69, 9.17) is 4.74 Å². The van der Waals surface area contributed by atoms with Gasteiger partial charge < -0.3 is 15.2 Å². The van der Waals surface area contributed by atoms with Gasteiger partial charge in [0.1, 0.15) is 5.60 Å². The van der Waals surface area contributed by atoms with Crippen LogP contribution in [0, 0.1) is 0 Å². The van der Waals surface area contributed by atoms with Gasteiger partial charge in [-0.2, -0.15) is 0 Å². The predicted octanol–water partition coefficient (Wildman–Crippen LogP) is 2.80. The van der Waals surface area contributed by atoms with Crippen molar-refractivity contribution >= 4 is 17.9 Å². The molecule has 0 aliphatic carbocycles. The lowest BCUT2D eigenvalue weighted by Gasteiger charge is -2.21. The van der Waals surface area contributed by atoms with Gasteiger partial charge in [0.05, 0.1) is 29.6 Å². The molecule has 28 heavy (non-hydrogen) atoms. The second-order valence-electron chi connectivity index (χ2n) is 7.46. The zero-order chi connectivity index (χ0) is 20.9. The van der Waals surface area contributed by atoms with E-state index in [0.717, 1.165) is 11.0 Å². The fourth-order valence-corrected chi connectivity index (χ4v) is 2.75. The predicted molar refractivity (Wildman–Crippen MR) is 100 cm³/mol. The number of alkyl carbamates (subject to hydrolysis) is 1. The highest BCUT2D eigenvalue weighted by Crippen LogP contribution is 2.23. The molecule has 1 aliphatic rings. The molecule has 0 spiro atoms. The third-order valence-corrected chi connectivity index (χ3v) is 3.96. The summed E-state index contributed by atoms with van der Waals surface area (Å²) in [6.07, 6.45) is 0.506. The molecule has 1 atom stereocenters. The SMILES string of the molecule is CC(C)(C)OC(=O)N[C@@H](/C=C(\F)CCCN1C(=O)c2ccccc2C1=O)CO. The number of aliphatic hydroxyl groups is 1. The second kappa shape index (κ2) is 8.97. The Kier molecular flexibility index (Phi) is 6.90. The molecule has 1 heterocycles. The number of rotatable bonds is 7. The van der Waals surface area contributed by atoms with E-state index in [2.05, 4.69) is 5.32 Å². The van der Waals surface area contributed by atoms with E-state index in [-0.39, 0.29) is 31.2 Å². The average Bonchev–Trinajstić information content (AvgIpc) is 2.84. The molecule has 0 bridgehead atoms. The highest BCUT2D eigenvalue weighted by molar-refractivity contribution is 6.21. The molecule has 1 aromatic carbocycles. The first kappa shape index (κ1) is 21.6. The van der Waals surface area contributed by atoms with Crippen molar-refractivity contribution in [1.82, 2.24) is 10.2 Å². The molecule has 0 aromatic heterocycles. The number of amides is 3.